The van der Waals surface area contributed by atoms with Crippen LogP contribution < -0.4 is 25.7 Å². The minimum atomic E-state index is -2.80. The molecule has 0 aromatic heterocycles. The number of rotatable bonds is 7. The average Bonchev–Trinajstić information content (AvgIpc) is 3.01. The maximum absolute atomic E-state index is 14.6. The van der Waals surface area contributed by atoms with Crippen LogP contribution in [0, 0.1) is 5.82 Å². The number of thiocarbonyl (C=S) groups is 1. The summed E-state index contributed by atoms with van der Waals surface area (Å²) in [7, 11) is 1.37. The molecular weight excluding hydrogens is 435 g/mol. The highest BCUT2D eigenvalue weighted by Crippen LogP contribution is 2.27. The molecule has 0 unspecified atom stereocenters. The lowest BCUT2D eigenvalue weighted by Crippen LogP contribution is -2.36. The molecule has 0 spiro atoms. The molecule has 7 nitrogen and oxygen atoms in total. The standard InChI is InChI=1S/C20H18F3N3O4S/c1-29-17-7-3-11(2-6-16(17)27)25-15-5-4-12(8-14(15)21)26-10-13(30-20(26)28)9-24-19(31)18(22)23/h2-8,13,18,25H,9-10H2,1H3,(H,24,31)/t13-/m0/s1. The van der Waals surface area contributed by atoms with Crippen molar-refractivity contribution in [2.75, 3.05) is 30.4 Å². The van der Waals surface area contributed by atoms with Gasteiger partial charge in [0.25, 0.3) is 6.43 Å². The third-order valence-electron chi connectivity index (χ3n) is 4.41. The third kappa shape index (κ3) is 5.43. The molecule has 2 aromatic carbocycles. The van der Waals surface area contributed by atoms with Crippen molar-refractivity contribution in [2.24, 2.45) is 0 Å². The lowest BCUT2D eigenvalue weighted by molar-refractivity contribution is 0.142. The van der Waals surface area contributed by atoms with Crippen LogP contribution in [0.2, 0.25) is 0 Å². The fourth-order valence-electron chi connectivity index (χ4n) is 2.86. The smallest absolute Gasteiger partial charge is 0.414 e. The summed E-state index contributed by atoms with van der Waals surface area (Å²) in [6.45, 7) is -0.0335. The summed E-state index contributed by atoms with van der Waals surface area (Å²) in [6, 6.07) is 9.88. The van der Waals surface area contributed by atoms with Crippen LogP contribution >= 0.6 is 12.2 Å². The van der Waals surface area contributed by atoms with Gasteiger partial charge >= 0.3 is 6.09 Å². The number of amides is 1. The molecule has 3 rings (SSSR count). The summed E-state index contributed by atoms with van der Waals surface area (Å²) in [4.78, 5) is 24.4. The first-order valence-corrected chi connectivity index (χ1v) is 9.48. The van der Waals surface area contributed by atoms with Crippen LogP contribution in [0.15, 0.2) is 47.3 Å². The van der Waals surface area contributed by atoms with Crippen LogP contribution in [0.1, 0.15) is 0 Å². The van der Waals surface area contributed by atoms with E-state index in [2.05, 4.69) is 22.9 Å². The number of carbonyl (C=O) groups excluding carboxylic acids is 1. The fourth-order valence-corrected chi connectivity index (χ4v) is 2.95. The SMILES string of the molecule is COc1ccc(Nc2ccc(N3C[C@H](CNC(=S)C(F)F)OC3=O)cc2F)ccc1=O. The van der Waals surface area contributed by atoms with Gasteiger partial charge in [0.1, 0.15) is 16.9 Å². The molecule has 0 radical (unpaired) electrons. The Kier molecular flexibility index (Phi) is 6.95. The van der Waals surface area contributed by atoms with Gasteiger partial charge in [0.2, 0.25) is 5.43 Å². The monoisotopic (exact) mass is 453 g/mol. The maximum Gasteiger partial charge on any atom is 0.414 e. The van der Waals surface area contributed by atoms with Gasteiger partial charge in [-0.1, -0.05) is 12.2 Å². The van der Waals surface area contributed by atoms with E-state index in [0.717, 1.165) is 6.07 Å². The van der Waals surface area contributed by atoms with Crippen molar-refractivity contribution in [3.8, 4) is 5.75 Å². The van der Waals surface area contributed by atoms with Gasteiger partial charge in [-0.3, -0.25) is 9.69 Å². The maximum atomic E-state index is 14.6. The minimum Gasteiger partial charge on any atom is -0.493 e. The number of cyclic esters (lactones) is 1. The number of anilines is 3. The van der Waals surface area contributed by atoms with Crippen molar-refractivity contribution in [1.29, 1.82) is 0 Å². The Balaban J connectivity index is 1.69. The van der Waals surface area contributed by atoms with Gasteiger partial charge in [-0.05, 0) is 42.5 Å². The molecule has 2 aromatic rings. The largest absolute Gasteiger partial charge is 0.493 e. The Morgan fingerprint density at radius 1 is 1.26 bits per heavy atom. The van der Waals surface area contributed by atoms with Crippen LogP contribution in [0.4, 0.5) is 35.0 Å². The Morgan fingerprint density at radius 3 is 2.68 bits per heavy atom. The van der Waals surface area contributed by atoms with E-state index in [0.29, 0.717) is 5.69 Å². The molecule has 2 N–H and O–H groups in total. The van der Waals surface area contributed by atoms with Crippen molar-refractivity contribution in [3.05, 3.63) is 58.5 Å². The summed E-state index contributed by atoms with van der Waals surface area (Å²) in [5, 5.41) is 5.19. The summed E-state index contributed by atoms with van der Waals surface area (Å²) in [6.07, 6.45) is -4.24. The molecule has 31 heavy (non-hydrogen) atoms. The van der Waals surface area contributed by atoms with Gasteiger partial charge in [0.15, 0.2) is 5.75 Å². The van der Waals surface area contributed by atoms with Gasteiger partial charge < -0.3 is 20.1 Å². The Bertz CT molecular complexity index is 1050. The summed E-state index contributed by atoms with van der Waals surface area (Å²) in [5.41, 5.74) is 0.495. The van der Waals surface area contributed by atoms with Crippen molar-refractivity contribution in [2.45, 2.75) is 12.5 Å². The van der Waals surface area contributed by atoms with Gasteiger partial charge in [0.05, 0.1) is 31.6 Å². The van der Waals surface area contributed by atoms with E-state index in [1.165, 1.54) is 42.3 Å². The highest BCUT2D eigenvalue weighted by Gasteiger charge is 2.33. The van der Waals surface area contributed by atoms with Gasteiger partial charge in [-0.15, -0.1) is 0 Å². The molecule has 1 atom stereocenters. The van der Waals surface area contributed by atoms with E-state index in [-0.39, 0.29) is 35.6 Å². The van der Waals surface area contributed by atoms with Gasteiger partial charge in [0, 0.05) is 5.69 Å². The van der Waals surface area contributed by atoms with Gasteiger partial charge in [-0.2, -0.15) is 0 Å². The van der Waals surface area contributed by atoms with Crippen LogP contribution in [0.3, 0.4) is 0 Å². The van der Waals surface area contributed by atoms with E-state index in [4.69, 9.17) is 9.47 Å². The zero-order valence-electron chi connectivity index (χ0n) is 16.2. The molecule has 0 saturated carbocycles. The number of hydrogen-bond acceptors (Lipinski definition) is 6. The normalized spacial score (nSPS) is 15.6. The molecule has 1 aliphatic heterocycles. The Morgan fingerprint density at radius 2 is 2.00 bits per heavy atom. The van der Waals surface area contributed by atoms with Gasteiger partial charge in [-0.25, -0.2) is 18.0 Å². The molecule has 0 bridgehead atoms. The minimum absolute atomic E-state index is 0.0461. The lowest BCUT2D eigenvalue weighted by Gasteiger charge is -2.15. The molecule has 1 aliphatic rings. The summed E-state index contributed by atoms with van der Waals surface area (Å²) >= 11 is 4.48. The fraction of sp³-hybridized carbons (Fsp3) is 0.250. The second-order valence-electron chi connectivity index (χ2n) is 6.51. The molecule has 0 aliphatic carbocycles. The summed E-state index contributed by atoms with van der Waals surface area (Å²) in [5.74, 6) is -0.499. The average molecular weight is 453 g/mol. The van der Waals surface area contributed by atoms with Crippen molar-refractivity contribution in [1.82, 2.24) is 5.32 Å². The quantitative estimate of drug-likeness (QED) is 0.622. The molecule has 1 saturated heterocycles. The molecule has 11 heteroatoms. The third-order valence-corrected chi connectivity index (χ3v) is 4.73. The Hall–Kier alpha value is -3.34. The topological polar surface area (TPSA) is 79.9 Å². The number of alkyl halides is 2. The first kappa shape index (κ1) is 22.3. The van der Waals surface area contributed by atoms with E-state index in [1.54, 1.807) is 6.07 Å². The molecule has 1 heterocycles. The molecular formula is C20H18F3N3O4S. The highest BCUT2D eigenvalue weighted by atomic mass is 32.1. The first-order valence-electron chi connectivity index (χ1n) is 9.07. The van der Waals surface area contributed by atoms with E-state index < -0.39 is 29.4 Å². The zero-order valence-corrected chi connectivity index (χ0v) is 17.0. The number of nitrogens with zero attached hydrogens (tertiary/aromatic N) is 1. The van der Waals surface area contributed by atoms with Crippen molar-refractivity contribution < 1.29 is 27.4 Å². The van der Waals surface area contributed by atoms with Crippen LogP contribution in [-0.2, 0) is 4.74 Å². The van der Waals surface area contributed by atoms with Crippen molar-refractivity contribution in [3.63, 3.8) is 0 Å². The zero-order chi connectivity index (χ0) is 22.5. The van der Waals surface area contributed by atoms with Crippen LogP contribution in [0.25, 0.3) is 0 Å². The second kappa shape index (κ2) is 9.65. The summed E-state index contributed by atoms with van der Waals surface area (Å²) < 4.78 is 49.6. The van der Waals surface area contributed by atoms with E-state index in [9.17, 15) is 22.8 Å². The highest BCUT2D eigenvalue weighted by molar-refractivity contribution is 7.80. The lowest BCUT2D eigenvalue weighted by atomic mass is 10.2. The Labute approximate surface area is 180 Å². The molecule has 1 fully saturated rings. The van der Waals surface area contributed by atoms with Crippen molar-refractivity contribution >= 4 is 40.4 Å². The van der Waals surface area contributed by atoms with E-state index in [1.807, 2.05) is 0 Å². The van der Waals surface area contributed by atoms with Crippen LogP contribution in [-0.4, -0.2) is 43.8 Å². The number of nitrogens with one attached hydrogen (secondary N) is 2. The molecule has 164 valence electrons. The predicted molar refractivity (Wildman–Crippen MR) is 113 cm³/mol. The molecule has 1 amide bonds. The first-order chi connectivity index (χ1) is 14.8. The number of hydrogen-bond donors (Lipinski definition) is 2. The number of halogens is 3. The van der Waals surface area contributed by atoms with Crippen LogP contribution in [0.5, 0.6) is 5.75 Å². The predicted octanol–water partition coefficient (Wildman–Crippen LogP) is 3.45. The number of methoxy groups -OCH3 is 1. The number of carbonyl (C=O) groups is 1. The van der Waals surface area contributed by atoms with E-state index >= 15 is 0 Å². The number of ether oxygens (including phenoxy) is 2. The number of benzene rings is 1. The second-order valence-corrected chi connectivity index (χ2v) is 6.95.